The van der Waals surface area contributed by atoms with Gasteiger partial charge in [-0.05, 0) is 56.4 Å². The summed E-state index contributed by atoms with van der Waals surface area (Å²) in [4.78, 5) is 19.4. The van der Waals surface area contributed by atoms with Crippen LogP contribution >= 0.6 is 0 Å². The number of nitrogens with zero attached hydrogens (tertiary/aromatic N) is 4. The number of benzene rings is 2. The fourth-order valence-electron chi connectivity index (χ4n) is 4.60. The minimum Gasteiger partial charge on any atom is -0.369 e. The molecule has 0 aromatic heterocycles. The molecule has 37 heavy (non-hydrogen) atoms. The quantitative estimate of drug-likeness (QED) is 0.232. The number of aliphatic imine (C=N–C) groups is 2. The predicted octanol–water partition coefficient (Wildman–Crippen LogP) is 2.06. The monoisotopic (exact) mass is 551 g/mol. The summed E-state index contributed by atoms with van der Waals surface area (Å²) in [5.74, 6) is -0.108. The zero-order valence-corrected chi connectivity index (χ0v) is 21.3. The summed E-state index contributed by atoms with van der Waals surface area (Å²) in [5, 5.41) is 11.1. The minimum atomic E-state index is -4.80. The van der Waals surface area contributed by atoms with Crippen molar-refractivity contribution in [1.82, 2.24) is 0 Å². The Kier molecular flexibility index (Phi) is 6.60. The first kappa shape index (κ1) is 26.3. The van der Waals surface area contributed by atoms with E-state index in [-0.39, 0.29) is 28.9 Å². The van der Waals surface area contributed by atoms with Crippen LogP contribution in [0.25, 0.3) is 0 Å². The molecule has 0 bridgehead atoms. The number of rotatable bonds is 6. The number of hydrogen-bond acceptors (Lipinski definition) is 11. The first-order chi connectivity index (χ1) is 17.2. The smallest absolute Gasteiger partial charge is 0.294 e. The molecule has 0 saturated heterocycles. The number of guanidine groups is 2. The van der Waals surface area contributed by atoms with Crippen molar-refractivity contribution < 1.29 is 26.3 Å². The third-order valence-corrected chi connectivity index (χ3v) is 8.52. The topological polar surface area (TPSA) is 224 Å². The van der Waals surface area contributed by atoms with Gasteiger partial charge in [-0.25, -0.2) is 13.4 Å². The van der Waals surface area contributed by atoms with E-state index in [9.17, 15) is 31.5 Å². The molecule has 0 radical (unpaired) electrons. The third kappa shape index (κ3) is 5.07. The lowest BCUT2D eigenvalue weighted by Gasteiger charge is -2.46. The van der Waals surface area contributed by atoms with Gasteiger partial charge in [-0.2, -0.15) is 13.4 Å². The highest BCUT2D eigenvalue weighted by Gasteiger charge is 2.43. The zero-order valence-electron chi connectivity index (χ0n) is 19.7. The lowest BCUT2D eigenvalue weighted by atomic mass is 9.87. The van der Waals surface area contributed by atoms with Gasteiger partial charge in [-0.3, -0.25) is 24.3 Å². The molecule has 4 rings (SSSR count). The Morgan fingerprint density at radius 3 is 2.38 bits per heavy atom. The molecule has 6 N–H and O–H groups in total. The number of nitrogens with two attached hydrogens (primary N) is 2. The Bertz CT molecular complexity index is 1550. The zero-order chi connectivity index (χ0) is 27.2. The van der Waals surface area contributed by atoms with Crippen LogP contribution in [0, 0.1) is 17.0 Å². The second kappa shape index (κ2) is 9.28. The van der Waals surface area contributed by atoms with Crippen molar-refractivity contribution in [2.24, 2.45) is 21.5 Å². The Morgan fingerprint density at radius 2 is 1.76 bits per heavy atom. The highest BCUT2D eigenvalue weighted by Crippen LogP contribution is 2.43. The van der Waals surface area contributed by atoms with Gasteiger partial charge < -0.3 is 11.5 Å². The molecule has 0 amide bonds. The Labute approximate surface area is 213 Å². The highest BCUT2D eigenvalue weighted by atomic mass is 32.2. The summed E-state index contributed by atoms with van der Waals surface area (Å²) < 4.78 is 62.7. The molecule has 1 saturated carbocycles. The molecule has 198 valence electrons. The van der Waals surface area contributed by atoms with Crippen LogP contribution < -0.4 is 21.1 Å². The SMILES string of the molecule is Cc1c(NS(=O)(=O)c2cccc([N+](=O)[O-])c2)cc(S(=O)(=O)O)cc1N1C(N)=NC(N)=NC12CCCCC2. The maximum Gasteiger partial charge on any atom is 0.294 e. The van der Waals surface area contributed by atoms with E-state index in [0.717, 1.165) is 49.6 Å². The number of nitro groups is 1. The summed E-state index contributed by atoms with van der Waals surface area (Å²) in [7, 11) is -9.22. The summed E-state index contributed by atoms with van der Waals surface area (Å²) >= 11 is 0. The van der Waals surface area contributed by atoms with Crippen LogP contribution in [0.1, 0.15) is 37.7 Å². The maximum absolute atomic E-state index is 13.1. The average Bonchev–Trinajstić information content (AvgIpc) is 2.80. The first-order valence-corrected chi connectivity index (χ1v) is 14.0. The van der Waals surface area contributed by atoms with Crippen molar-refractivity contribution in [2.45, 2.75) is 54.5 Å². The molecule has 0 atom stereocenters. The fraction of sp³-hybridized carbons (Fsp3) is 0.333. The van der Waals surface area contributed by atoms with E-state index >= 15 is 0 Å². The molecule has 2 aromatic carbocycles. The van der Waals surface area contributed by atoms with Gasteiger partial charge in [0, 0.05) is 12.1 Å². The number of hydrogen-bond donors (Lipinski definition) is 4. The highest BCUT2D eigenvalue weighted by molar-refractivity contribution is 7.92. The second-order valence-corrected chi connectivity index (χ2v) is 11.9. The van der Waals surface area contributed by atoms with Gasteiger partial charge in [0.05, 0.1) is 26.1 Å². The molecule has 1 aliphatic carbocycles. The number of sulfonamides is 1. The van der Waals surface area contributed by atoms with Crippen LogP contribution in [0.3, 0.4) is 0 Å². The molecular weight excluding hydrogens is 526 g/mol. The van der Waals surface area contributed by atoms with Crippen molar-refractivity contribution >= 4 is 49.1 Å². The Morgan fingerprint density at radius 1 is 1.08 bits per heavy atom. The van der Waals surface area contributed by atoms with Gasteiger partial charge >= 0.3 is 0 Å². The molecule has 16 heteroatoms. The molecule has 2 aliphatic rings. The molecule has 2 aromatic rings. The summed E-state index contributed by atoms with van der Waals surface area (Å²) in [5.41, 5.74) is 10.9. The van der Waals surface area contributed by atoms with Crippen molar-refractivity contribution in [3.63, 3.8) is 0 Å². The van der Waals surface area contributed by atoms with E-state index in [2.05, 4.69) is 14.7 Å². The second-order valence-electron chi connectivity index (χ2n) is 8.77. The Hall–Kier alpha value is -3.76. The fourth-order valence-corrected chi connectivity index (χ4v) is 6.28. The summed E-state index contributed by atoms with van der Waals surface area (Å²) in [6.45, 7) is 1.53. The van der Waals surface area contributed by atoms with Crippen LogP contribution in [0.4, 0.5) is 17.1 Å². The number of anilines is 2. The van der Waals surface area contributed by atoms with Crippen molar-refractivity contribution in [3.05, 3.63) is 52.1 Å². The van der Waals surface area contributed by atoms with Crippen molar-refractivity contribution in [1.29, 1.82) is 0 Å². The van der Waals surface area contributed by atoms with Gasteiger partial charge in [0.25, 0.3) is 25.8 Å². The molecule has 0 unspecified atom stereocenters. The van der Waals surface area contributed by atoms with Crippen LogP contribution in [0.15, 0.2) is 56.2 Å². The van der Waals surface area contributed by atoms with Crippen molar-refractivity contribution in [3.8, 4) is 0 Å². The average molecular weight is 552 g/mol. The van der Waals surface area contributed by atoms with Gasteiger partial charge in [-0.15, -0.1) is 0 Å². The van der Waals surface area contributed by atoms with Gasteiger partial charge in [0.15, 0.2) is 0 Å². The number of non-ortho nitro benzene ring substituents is 1. The lowest BCUT2D eigenvalue weighted by molar-refractivity contribution is -0.385. The van der Waals surface area contributed by atoms with E-state index in [0.29, 0.717) is 12.8 Å². The van der Waals surface area contributed by atoms with Crippen LogP contribution in [0.5, 0.6) is 0 Å². The van der Waals surface area contributed by atoms with E-state index in [1.807, 2.05) is 0 Å². The van der Waals surface area contributed by atoms with Crippen LogP contribution in [-0.2, 0) is 20.1 Å². The molecule has 1 aliphatic heterocycles. The third-order valence-electron chi connectivity index (χ3n) is 6.33. The van der Waals surface area contributed by atoms with Crippen molar-refractivity contribution in [2.75, 3.05) is 9.62 Å². The molecular formula is C21H25N7O7S2. The normalized spacial score (nSPS) is 17.7. The van der Waals surface area contributed by atoms with Gasteiger partial charge in [-0.1, -0.05) is 12.5 Å². The van der Waals surface area contributed by atoms with Gasteiger partial charge in [0.2, 0.25) is 11.9 Å². The van der Waals surface area contributed by atoms with Crippen LogP contribution in [0.2, 0.25) is 0 Å². The summed E-state index contributed by atoms with van der Waals surface area (Å²) in [6.07, 6.45) is 3.55. The van der Waals surface area contributed by atoms with Gasteiger partial charge in [0.1, 0.15) is 5.66 Å². The maximum atomic E-state index is 13.1. The molecule has 1 heterocycles. The Balaban J connectivity index is 1.89. The molecule has 14 nitrogen and oxygen atoms in total. The largest absolute Gasteiger partial charge is 0.369 e. The van der Waals surface area contributed by atoms with E-state index in [1.54, 1.807) is 0 Å². The van der Waals surface area contributed by atoms with E-state index < -0.39 is 46.2 Å². The number of nitro benzene ring substituents is 1. The minimum absolute atomic E-state index is 0.0363. The molecule has 1 spiro atoms. The first-order valence-electron chi connectivity index (χ1n) is 11.1. The molecule has 1 fully saturated rings. The van der Waals surface area contributed by atoms with E-state index in [4.69, 9.17) is 11.5 Å². The van der Waals surface area contributed by atoms with E-state index in [1.165, 1.54) is 17.9 Å². The lowest BCUT2D eigenvalue weighted by Crippen LogP contribution is -2.58. The number of nitrogens with one attached hydrogen (secondary N) is 1. The standard InChI is InChI=1S/C21H25N7O7S2/c1-13-17(26-36(31,32)15-7-5-6-14(10-15)28(29)30)11-16(37(33,34)35)12-18(13)27-20(23)24-19(22)25-21(27)8-3-2-4-9-21/h5-7,10-12,26H,2-4,8-9H2,1H3,(H,33,34,35)(H4,22,23,24,25). The van der Waals surface area contributed by atoms with Crippen LogP contribution in [-0.4, -0.2) is 43.9 Å². The predicted molar refractivity (Wildman–Crippen MR) is 136 cm³/mol. The summed E-state index contributed by atoms with van der Waals surface area (Å²) in [6, 6.07) is 6.48.